The van der Waals surface area contributed by atoms with Crippen LogP contribution in [0.3, 0.4) is 0 Å². The first-order chi connectivity index (χ1) is 8.61. The fourth-order valence-corrected chi connectivity index (χ4v) is 2.40. The van der Waals surface area contributed by atoms with Crippen molar-refractivity contribution in [3.63, 3.8) is 0 Å². The van der Waals surface area contributed by atoms with Crippen LogP contribution in [0.15, 0.2) is 5.38 Å². The van der Waals surface area contributed by atoms with E-state index < -0.39 is 5.97 Å². The maximum absolute atomic E-state index is 11.8. The Balaban J connectivity index is 1.86. The molecule has 1 heterocycles. The first-order valence-corrected chi connectivity index (χ1v) is 6.72. The highest BCUT2D eigenvalue weighted by molar-refractivity contribution is 7.09. The number of aromatic carboxylic acids is 1. The SMILES string of the molecule is CCN(C(=O)NCc1nc(C(=O)O)cs1)C1CC1. The van der Waals surface area contributed by atoms with E-state index in [1.165, 1.54) is 16.7 Å². The highest BCUT2D eigenvalue weighted by Crippen LogP contribution is 2.26. The summed E-state index contributed by atoms with van der Waals surface area (Å²) in [6, 6.07) is 0.271. The van der Waals surface area contributed by atoms with Crippen LogP contribution in [0.1, 0.15) is 35.3 Å². The molecule has 0 spiro atoms. The summed E-state index contributed by atoms with van der Waals surface area (Å²) in [5, 5.41) is 13.6. The van der Waals surface area contributed by atoms with E-state index in [9.17, 15) is 9.59 Å². The summed E-state index contributed by atoms with van der Waals surface area (Å²) in [5.41, 5.74) is 0.0267. The minimum atomic E-state index is -1.04. The monoisotopic (exact) mass is 269 g/mol. The summed E-state index contributed by atoms with van der Waals surface area (Å²) < 4.78 is 0. The minimum absolute atomic E-state index is 0.0267. The smallest absolute Gasteiger partial charge is 0.355 e. The lowest BCUT2D eigenvalue weighted by Crippen LogP contribution is -2.40. The molecule has 1 fully saturated rings. The number of hydrogen-bond donors (Lipinski definition) is 2. The van der Waals surface area contributed by atoms with Gasteiger partial charge in [0.2, 0.25) is 0 Å². The number of thiazole rings is 1. The average Bonchev–Trinajstić information content (AvgIpc) is 3.05. The van der Waals surface area contributed by atoms with E-state index >= 15 is 0 Å². The van der Waals surface area contributed by atoms with Crippen LogP contribution >= 0.6 is 11.3 Å². The van der Waals surface area contributed by atoms with Gasteiger partial charge in [-0.15, -0.1) is 11.3 Å². The number of amides is 2. The molecule has 1 saturated carbocycles. The topological polar surface area (TPSA) is 82.5 Å². The number of nitrogens with zero attached hydrogens (tertiary/aromatic N) is 2. The molecule has 18 heavy (non-hydrogen) atoms. The van der Waals surface area contributed by atoms with Gasteiger partial charge in [0.25, 0.3) is 0 Å². The highest BCUT2D eigenvalue weighted by Gasteiger charge is 2.31. The van der Waals surface area contributed by atoms with Crippen LogP contribution in [-0.4, -0.2) is 39.6 Å². The van der Waals surface area contributed by atoms with E-state index in [2.05, 4.69) is 10.3 Å². The molecule has 0 saturated heterocycles. The Morgan fingerprint density at radius 1 is 1.61 bits per heavy atom. The van der Waals surface area contributed by atoms with Gasteiger partial charge in [0, 0.05) is 18.0 Å². The lowest BCUT2D eigenvalue weighted by Gasteiger charge is -2.20. The molecule has 2 N–H and O–H groups in total. The third-order valence-electron chi connectivity index (χ3n) is 2.75. The van der Waals surface area contributed by atoms with Crippen LogP contribution in [0.4, 0.5) is 4.79 Å². The molecule has 1 aliphatic rings. The van der Waals surface area contributed by atoms with Crippen molar-refractivity contribution in [3.05, 3.63) is 16.1 Å². The van der Waals surface area contributed by atoms with Gasteiger partial charge >= 0.3 is 12.0 Å². The highest BCUT2D eigenvalue weighted by atomic mass is 32.1. The number of aromatic nitrogens is 1. The van der Waals surface area contributed by atoms with Crippen LogP contribution in [0.5, 0.6) is 0 Å². The zero-order chi connectivity index (χ0) is 13.1. The van der Waals surface area contributed by atoms with E-state index in [1.807, 2.05) is 6.92 Å². The first kappa shape index (κ1) is 12.8. The summed E-state index contributed by atoms with van der Waals surface area (Å²) in [6.07, 6.45) is 2.14. The Labute approximate surface area is 109 Å². The lowest BCUT2D eigenvalue weighted by molar-refractivity contribution is 0.0691. The Morgan fingerprint density at radius 2 is 2.33 bits per heavy atom. The van der Waals surface area contributed by atoms with Gasteiger partial charge in [0.05, 0.1) is 6.54 Å². The van der Waals surface area contributed by atoms with Crippen LogP contribution in [0.25, 0.3) is 0 Å². The molecule has 1 aromatic rings. The Hall–Kier alpha value is -1.63. The van der Waals surface area contributed by atoms with Crippen molar-refractivity contribution in [2.75, 3.05) is 6.54 Å². The summed E-state index contributed by atoms with van der Waals surface area (Å²) in [5.74, 6) is -1.04. The molecule has 2 amide bonds. The van der Waals surface area contributed by atoms with Crippen molar-refractivity contribution in [1.82, 2.24) is 15.2 Å². The number of rotatable bonds is 5. The predicted molar refractivity (Wildman–Crippen MR) is 66.7 cm³/mol. The van der Waals surface area contributed by atoms with E-state index in [0.29, 0.717) is 17.6 Å². The van der Waals surface area contributed by atoms with Crippen molar-refractivity contribution < 1.29 is 14.7 Å². The van der Waals surface area contributed by atoms with Crippen molar-refractivity contribution in [2.45, 2.75) is 32.4 Å². The second kappa shape index (κ2) is 5.34. The van der Waals surface area contributed by atoms with Gasteiger partial charge in [-0.05, 0) is 19.8 Å². The number of hydrogen-bond acceptors (Lipinski definition) is 4. The Morgan fingerprint density at radius 3 is 2.83 bits per heavy atom. The largest absolute Gasteiger partial charge is 0.476 e. The van der Waals surface area contributed by atoms with Crippen LogP contribution in [-0.2, 0) is 6.54 Å². The number of nitrogens with one attached hydrogen (secondary N) is 1. The minimum Gasteiger partial charge on any atom is -0.476 e. The number of carboxylic acids is 1. The Bertz CT molecular complexity index is 456. The summed E-state index contributed by atoms with van der Waals surface area (Å²) in [4.78, 5) is 28.2. The van der Waals surface area contributed by atoms with Crippen molar-refractivity contribution >= 4 is 23.3 Å². The first-order valence-electron chi connectivity index (χ1n) is 5.84. The van der Waals surface area contributed by atoms with E-state index in [1.54, 1.807) is 4.90 Å². The summed E-state index contributed by atoms with van der Waals surface area (Å²) in [6.45, 7) is 2.92. The van der Waals surface area contributed by atoms with Crippen molar-refractivity contribution in [3.8, 4) is 0 Å². The quantitative estimate of drug-likeness (QED) is 0.849. The molecule has 98 valence electrons. The number of carbonyl (C=O) groups excluding carboxylic acids is 1. The van der Waals surface area contributed by atoms with Gasteiger partial charge in [-0.3, -0.25) is 0 Å². The standard InChI is InChI=1S/C11H15N3O3S/c1-2-14(7-3-4-7)11(17)12-5-9-13-8(6-18-9)10(15)16/h6-7H,2-5H2,1H3,(H,12,17)(H,15,16). The number of urea groups is 1. The molecule has 2 rings (SSSR count). The third kappa shape index (κ3) is 2.98. The summed E-state index contributed by atoms with van der Waals surface area (Å²) >= 11 is 1.24. The van der Waals surface area contributed by atoms with Gasteiger partial charge in [0.15, 0.2) is 5.69 Å². The molecular weight excluding hydrogens is 254 g/mol. The Kier molecular flexibility index (Phi) is 3.81. The second-order valence-electron chi connectivity index (χ2n) is 4.11. The van der Waals surface area contributed by atoms with Crippen molar-refractivity contribution in [2.24, 2.45) is 0 Å². The lowest BCUT2D eigenvalue weighted by atomic mass is 10.5. The van der Waals surface area contributed by atoms with Crippen LogP contribution in [0, 0.1) is 0 Å². The molecule has 7 heteroatoms. The van der Waals surface area contributed by atoms with E-state index in [4.69, 9.17) is 5.11 Å². The molecular formula is C11H15N3O3S. The average molecular weight is 269 g/mol. The molecule has 6 nitrogen and oxygen atoms in total. The van der Waals surface area contributed by atoms with E-state index in [-0.39, 0.29) is 18.3 Å². The molecule has 1 aliphatic carbocycles. The molecule has 0 bridgehead atoms. The normalized spacial score (nSPS) is 14.3. The van der Waals surface area contributed by atoms with Gasteiger partial charge < -0.3 is 15.3 Å². The van der Waals surface area contributed by atoms with Gasteiger partial charge in [0.1, 0.15) is 5.01 Å². The maximum atomic E-state index is 11.8. The molecule has 0 aromatic carbocycles. The van der Waals surface area contributed by atoms with Gasteiger partial charge in [-0.2, -0.15) is 0 Å². The second-order valence-corrected chi connectivity index (χ2v) is 5.05. The summed E-state index contributed by atoms with van der Waals surface area (Å²) in [7, 11) is 0. The van der Waals surface area contributed by atoms with E-state index in [0.717, 1.165) is 12.8 Å². The van der Waals surface area contributed by atoms with Crippen LogP contribution in [0.2, 0.25) is 0 Å². The zero-order valence-corrected chi connectivity index (χ0v) is 10.9. The number of carboxylic acid groups (broad SMARTS) is 1. The van der Waals surface area contributed by atoms with Gasteiger partial charge in [-0.25, -0.2) is 14.6 Å². The predicted octanol–water partition coefficient (Wildman–Crippen LogP) is 1.54. The fraction of sp³-hybridized carbons (Fsp3) is 0.545. The zero-order valence-electron chi connectivity index (χ0n) is 10.0. The number of carbonyl (C=O) groups is 2. The third-order valence-corrected chi connectivity index (χ3v) is 3.60. The van der Waals surface area contributed by atoms with Gasteiger partial charge in [-0.1, -0.05) is 0 Å². The molecule has 0 unspecified atom stereocenters. The molecule has 0 aliphatic heterocycles. The molecule has 1 aromatic heterocycles. The van der Waals surface area contributed by atoms with Crippen molar-refractivity contribution in [1.29, 1.82) is 0 Å². The van der Waals surface area contributed by atoms with Crippen LogP contribution < -0.4 is 5.32 Å². The molecule has 0 atom stereocenters. The maximum Gasteiger partial charge on any atom is 0.355 e. The fourth-order valence-electron chi connectivity index (χ4n) is 1.70. The molecule has 0 radical (unpaired) electrons.